The first-order chi connectivity index (χ1) is 4.16. The summed E-state index contributed by atoms with van der Waals surface area (Å²) in [4.78, 5) is 9.72. The molecule has 0 rings (SSSR count). The lowest BCUT2D eigenvalue weighted by Gasteiger charge is -2.04. The first-order valence-electron chi connectivity index (χ1n) is 2.65. The third-order valence-corrected chi connectivity index (χ3v) is 0.796. The standard InChI is InChI=1S/C6H9O3/c1-3-4-5(2)9-6(7)8/h3,5H,1,4H2,2H3. The van der Waals surface area contributed by atoms with Crippen LogP contribution in [0.1, 0.15) is 13.3 Å². The van der Waals surface area contributed by atoms with Crippen LogP contribution in [0.25, 0.3) is 0 Å². The fraction of sp³-hybridized carbons (Fsp3) is 0.500. The number of ether oxygens (including phenoxy) is 1. The van der Waals surface area contributed by atoms with E-state index in [9.17, 15) is 9.90 Å². The maximum Gasteiger partial charge on any atom is 0.550 e. The van der Waals surface area contributed by atoms with Gasteiger partial charge in [-0.2, -0.15) is 9.90 Å². The highest BCUT2D eigenvalue weighted by Crippen LogP contribution is 1.96. The van der Waals surface area contributed by atoms with E-state index in [0.717, 1.165) is 0 Å². The molecule has 0 heterocycles. The molecule has 0 aliphatic rings. The molecule has 0 aliphatic carbocycles. The van der Waals surface area contributed by atoms with Gasteiger partial charge in [-0.05, 0) is 6.92 Å². The van der Waals surface area contributed by atoms with Gasteiger partial charge < -0.3 is 4.74 Å². The van der Waals surface area contributed by atoms with Gasteiger partial charge in [0.25, 0.3) is 0 Å². The maximum atomic E-state index is 9.72. The molecule has 0 aromatic heterocycles. The van der Waals surface area contributed by atoms with Crippen LogP contribution in [0.15, 0.2) is 12.7 Å². The normalized spacial score (nSPS) is 12.1. The van der Waals surface area contributed by atoms with Crippen molar-refractivity contribution in [2.45, 2.75) is 19.4 Å². The highest BCUT2D eigenvalue weighted by atomic mass is 16.7. The van der Waals surface area contributed by atoms with E-state index in [-0.39, 0.29) is 6.10 Å². The molecule has 1 atom stereocenters. The van der Waals surface area contributed by atoms with Crippen molar-refractivity contribution < 1.29 is 14.6 Å². The van der Waals surface area contributed by atoms with Gasteiger partial charge in [0.15, 0.2) is 0 Å². The quantitative estimate of drug-likeness (QED) is 0.428. The molecular weight excluding hydrogens is 120 g/mol. The van der Waals surface area contributed by atoms with Gasteiger partial charge >= 0.3 is 6.16 Å². The number of hydrogen-bond acceptors (Lipinski definition) is 2. The largest absolute Gasteiger partial charge is 0.550 e. The molecule has 0 aromatic carbocycles. The van der Waals surface area contributed by atoms with E-state index < -0.39 is 6.16 Å². The van der Waals surface area contributed by atoms with Crippen molar-refractivity contribution in [1.82, 2.24) is 0 Å². The van der Waals surface area contributed by atoms with Crippen molar-refractivity contribution >= 4 is 6.16 Å². The monoisotopic (exact) mass is 129 g/mol. The predicted molar refractivity (Wildman–Crippen MR) is 31.4 cm³/mol. The summed E-state index contributed by atoms with van der Waals surface area (Å²) in [5, 5.41) is 9.72. The average Bonchev–Trinajstić information content (AvgIpc) is 1.63. The van der Waals surface area contributed by atoms with Gasteiger partial charge in [-0.15, -0.1) is 6.58 Å². The minimum atomic E-state index is -1.48. The molecule has 0 aliphatic heterocycles. The molecule has 3 nitrogen and oxygen atoms in total. The molecule has 9 heavy (non-hydrogen) atoms. The molecule has 0 saturated carbocycles. The van der Waals surface area contributed by atoms with E-state index in [1.54, 1.807) is 13.0 Å². The Balaban J connectivity index is 3.37. The molecule has 0 amide bonds. The molecule has 3 heteroatoms. The smallest absolute Gasteiger partial charge is 0.428 e. The fourth-order valence-corrected chi connectivity index (χ4v) is 0.447. The molecule has 0 fully saturated rings. The fourth-order valence-electron chi connectivity index (χ4n) is 0.447. The number of carbonyl (C=O) groups is 1. The molecule has 0 spiro atoms. The van der Waals surface area contributed by atoms with Crippen molar-refractivity contribution in [3.05, 3.63) is 12.7 Å². The van der Waals surface area contributed by atoms with E-state index in [4.69, 9.17) is 0 Å². The summed E-state index contributed by atoms with van der Waals surface area (Å²) in [6.07, 6.45) is 0.290. The van der Waals surface area contributed by atoms with Gasteiger partial charge in [0, 0.05) is 6.42 Å². The van der Waals surface area contributed by atoms with E-state index in [2.05, 4.69) is 11.3 Å². The number of hydrogen-bond donors (Lipinski definition) is 0. The summed E-state index contributed by atoms with van der Waals surface area (Å²) >= 11 is 0. The molecule has 0 bridgehead atoms. The van der Waals surface area contributed by atoms with Crippen LogP contribution in [0.4, 0.5) is 4.79 Å². The molecule has 1 radical (unpaired) electrons. The molecular formula is C6H9O3. The lowest BCUT2D eigenvalue weighted by Crippen LogP contribution is -2.10. The molecule has 0 aromatic rings. The van der Waals surface area contributed by atoms with E-state index in [0.29, 0.717) is 6.42 Å². The summed E-state index contributed by atoms with van der Waals surface area (Å²) in [6.45, 7) is 5.05. The van der Waals surface area contributed by atoms with Gasteiger partial charge in [0.05, 0.1) is 0 Å². The SMILES string of the molecule is C=CCC(C)OC([O])=O. The van der Waals surface area contributed by atoms with Crippen LogP contribution in [0.3, 0.4) is 0 Å². The van der Waals surface area contributed by atoms with Crippen LogP contribution in [0.2, 0.25) is 0 Å². The van der Waals surface area contributed by atoms with Crippen molar-refractivity contribution in [1.29, 1.82) is 0 Å². The first-order valence-corrected chi connectivity index (χ1v) is 2.65. The van der Waals surface area contributed by atoms with Crippen LogP contribution in [0.5, 0.6) is 0 Å². The van der Waals surface area contributed by atoms with Crippen molar-refractivity contribution in [3.63, 3.8) is 0 Å². The van der Waals surface area contributed by atoms with E-state index in [1.807, 2.05) is 0 Å². The summed E-state index contributed by atoms with van der Waals surface area (Å²) in [5.74, 6) is 0. The minimum Gasteiger partial charge on any atom is -0.428 e. The predicted octanol–water partition coefficient (Wildman–Crippen LogP) is 1.52. The number of carbonyl (C=O) groups excluding carboxylic acids is 1. The number of rotatable bonds is 3. The third kappa shape index (κ3) is 4.87. The molecule has 0 N–H and O–H groups in total. The Morgan fingerprint density at radius 1 is 1.89 bits per heavy atom. The second kappa shape index (κ2) is 3.95. The zero-order valence-electron chi connectivity index (χ0n) is 5.29. The van der Waals surface area contributed by atoms with Crippen LogP contribution in [-0.4, -0.2) is 12.3 Å². The second-order valence-electron chi connectivity index (χ2n) is 1.70. The highest BCUT2D eigenvalue weighted by Gasteiger charge is 2.05. The van der Waals surface area contributed by atoms with Gasteiger partial charge in [-0.3, -0.25) is 0 Å². The molecule has 1 unspecified atom stereocenters. The maximum absolute atomic E-state index is 9.72. The minimum absolute atomic E-state index is 0.340. The lowest BCUT2D eigenvalue weighted by atomic mass is 10.3. The Morgan fingerprint density at radius 3 is 2.78 bits per heavy atom. The van der Waals surface area contributed by atoms with Crippen molar-refractivity contribution in [2.24, 2.45) is 0 Å². The van der Waals surface area contributed by atoms with Crippen molar-refractivity contribution in [2.75, 3.05) is 0 Å². The van der Waals surface area contributed by atoms with E-state index >= 15 is 0 Å². The van der Waals surface area contributed by atoms with Crippen LogP contribution in [0, 0.1) is 0 Å². The second-order valence-corrected chi connectivity index (χ2v) is 1.70. The Kier molecular flexibility index (Phi) is 3.51. The summed E-state index contributed by atoms with van der Waals surface area (Å²) in [7, 11) is 0. The molecule has 0 saturated heterocycles. The topological polar surface area (TPSA) is 46.2 Å². The first kappa shape index (κ1) is 8.01. The zero-order valence-corrected chi connectivity index (χ0v) is 5.29. The van der Waals surface area contributed by atoms with E-state index in [1.165, 1.54) is 0 Å². The van der Waals surface area contributed by atoms with Crippen LogP contribution in [-0.2, 0) is 9.84 Å². The van der Waals surface area contributed by atoms with Crippen LogP contribution < -0.4 is 0 Å². The average molecular weight is 129 g/mol. The zero-order chi connectivity index (χ0) is 7.28. The van der Waals surface area contributed by atoms with Crippen molar-refractivity contribution in [3.8, 4) is 0 Å². The summed E-state index contributed by atoms with van der Waals surface area (Å²) in [5.41, 5.74) is 0. The Morgan fingerprint density at radius 2 is 2.44 bits per heavy atom. The Labute approximate surface area is 53.9 Å². The lowest BCUT2D eigenvalue weighted by molar-refractivity contribution is 0.0397. The van der Waals surface area contributed by atoms with Crippen LogP contribution >= 0.6 is 0 Å². The highest BCUT2D eigenvalue weighted by molar-refractivity contribution is 5.56. The van der Waals surface area contributed by atoms with Gasteiger partial charge in [-0.25, -0.2) is 0 Å². The van der Waals surface area contributed by atoms with Gasteiger partial charge in [0.1, 0.15) is 6.10 Å². The van der Waals surface area contributed by atoms with Gasteiger partial charge in [0.2, 0.25) is 0 Å². The summed E-state index contributed by atoms with van der Waals surface area (Å²) in [6, 6.07) is 0. The Bertz CT molecular complexity index is 109. The summed E-state index contributed by atoms with van der Waals surface area (Å²) < 4.78 is 4.22. The molecule has 51 valence electrons. The Hall–Kier alpha value is -0.990. The van der Waals surface area contributed by atoms with Gasteiger partial charge in [-0.1, -0.05) is 6.08 Å². The third-order valence-electron chi connectivity index (χ3n) is 0.796.